The van der Waals surface area contributed by atoms with Gasteiger partial charge < -0.3 is 9.47 Å². The number of halogens is 1. The number of piperidine rings is 2. The first-order valence-corrected chi connectivity index (χ1v) is 19.1. The number of hydroxylamine groups is 4. The number of hydrogen-bond acceptors (Lipinski definition) is 9. The average molecular weight is 682 g/mol. The largest absolute Gasteiger partial charge is 0.460 e. The molecule has 1 aromatic heterocycles. The fraction of sp³-hybridized carbons (Fsp3) is 0.919. The van der Waals surface area contributed by atoms with Crippen molar-refractivity contribution in [2.24, 2.45) is 0 Å². The molecule has 0 bridgehead atoms. The standard InChI is InChI=1S/C37H68ClN5O4/c1-11-13-15-17-19-21-23-44-42-34(3,4)25-29(26-35(42,5)6)46-32-39-31(38)40-33(41-32)47-30-27-36(7,8)43(37(9,10)28-30)45-24-22-20-18-16-14-12-2/h29-30H,11-28H2,1-10H3. The van der Waals surface area contributed by atoms with E-state index in [0.29, 0.717) is 0 Å². The fourth-order valence-corrected chi connectivity index (χ4v) is 8.15. The Labute approximate surface area is 292 Å². The van der Waals surface area contributed by atoms with Gasteiger partial charge in [-0.15, -0.1) is 4.98 Å². The lowest BCUT2D eigenvalue weighted by atomic mass is 9.80. The normalized spacial score (nSPS) is 21.6. The lowest BCUT2D eigenvalue weighted by Crippen LogP contribution is -2.62. The summed E-state index contributed by atoms with van der Waals surface area (Å²) in [7, 11) is 0. The van der Waals surface area contributed by atoms with Crippen LogP contribution >= 0.6 is 11.6 Å². The maximum Gasteiger partial charge on any atom is 0.324 e. The number of aromatic nitrogens is 3. The van der Waals surface area contributed by atoms with Gasteiger partial charge >= 0.3 is 12.0 Å². The van der Waals surface area contributed by atoms with Gasteiger partial charge in [0, 0.05) is 47.8 Å². The van der Waals surface area contributed by atoms with Crippen LogP contribution in [0.25, 0.3) is 0 Å². The molecule has 0 aromatic carbocycles. The van der Waals surface area contributed by atoms with Crippen LogP contribution in [-0.2, 0) is 9.68 Å². The van der Waals surface area contributed by atoms with Crippen LogP contribution in [0.1, 0.15) is 172 Å². The molecule has 10 heteroatoms. The molecule has 47 heavy (non-hydrogen) atoms. The Balaban J connectivity index is 1.56. The summed E-state index contributed by atoms with van der Waals surface area (Å²) in [6.07, 6.45) is 17.8. The first-order valence-electron chi connectivity index (χ1n) is 18.7. The number of rotatable bonds is 20. The molecule has 0 radical (unpaired) electrons. The Bertz CT molecular complexity index is 955. The molecule has 0 saturated carbocycles. The number of unbranched alkanes of at least 4 members (excludes halogenated alkanes) is 10. The van der Waals surface area contributed by atoms with E-state index >= 15 is 0 Å². The van der Waals surface area contributed by atoms with Crippen molar-refractivity contribution >= 4 is 11.6 Å². The summed E-state index contributed by atoms with van der Waals surface area (Å²) in [5, 5.41) is 4.45. The first-order chi connectivity index (χ1) is 22.1. The lowest BCUT2D eigenvalue weighted by molar-refractivity contribution is -0.291. The van der Waals surface area contributed by atoms with Crippen molar-refractivity contribution in [2.45, 2.75) is 206 Å². The van der Waals surface area contributed by atoms with E-state index in [1.807, 2.05) is 0 Å². The molecule has 9 nitrogen and oxygen atoms in total. The lowest BCUT2D eigenvalue weighted by Gasteiger charge is -2.53. The third-order valence-corrected chi connectivity index (χ3v) is 9.82. The van der Waals surface area contributed by atoms with E-state index in [4.69, 9.17) is 30.7 Å². The highest BCUT2D eigenvalue weighted by Crippen LogP contribution is 2.41. The van der Waals surface area contributed by atoms with E-state index < -0.39 is 0 Å². The van der Waals surface area contributed by atoms with E-state index in [0.717, 1.165) is 51.7 Å². The molecular formula is C37H68ClN5O4. The Morgan fingerprint density at radius 3 is 1.19 bits per heavy atom. The summed E-state index contributed by atoms with van der Waals surface area (Å²) in [6, 6.07) is 0.410. The highest BCUT2D eigenvalue weighted by molar-refractivity contribution is 6.28. The summed E-state index contributed by atoms with van der Waals surface area (Å²) >= 11 is 6.40. The highest BCUT2D eigenvalue weighted by Gasteiger charge is 2.49. The molecule has 0 spiro atoms. The number of ether oxygens (including phenoxy) is 2. The molecule has 2 saturated heterocycles. The molecule has 2 aliphatic heterocycles. The molecule has 2 fully saturated rings. The van der Waals surface area contributed by atoms with E-state index in [9.17, 15) is 0 Å². The van der Waals surface area contributed by atoms with Gasteiger partial charge in [0.25, 0.3) is 0 Å². The van der Waals surface area contributed by atoms with Gasteiger partial charge in [0.2, 0.25) is 5.28 Å². The quantitative estimate of drug-likeness (QED) is 0.125. The molecule has 0 unspecified atom stereocenters. The summed E-state index contributed by atoms with van der Waals surface area (Å²) in [6.45, 7) is 23.7. The minimum Gasteiger partial charge on any atom is -0.460 e. The van der Waals surface area contributed by atoms with Crippen LogP contribution in [0, 0.1) is 0 Å². The maximum absolute atomic E-state index is 6.41. The van der Waals surface area contributed by atoms with Crippen LogP contribution in [0.4, 0.5) is 0 Å². The van der Waals surface area contributed by atoms with Crippen molar-refractivity contribution < 1.29 is 19.1 Å². The molecule has 0 atom stereocenters. The first kappa shape index (κ1) is 40.2. The Kier molecular flexibility index (Phi) is 15.5. The van der Waals surface area contributed by atoms with E-state index in [1.165, 1.54) is 64.2 Å². The molecule has 2 aliphatic rings. The topological polar surface area (TPSA) is 82.1 Å². The molecule has 0 N–H and O–H groups in total. The number of hydrogen-bond donors (Lipinski definition) is 0. The summed E-state index contributed by atoms with van der Waals surface area (Å²) in [4.78, 5) is 26.1. The van der Waals surface area contributed by atoms with E-state index in [1.54, 1.807) is 0 Å². The van der Waals surface area contributed by atoms with Gasteiger partial charge in [0.1, 0.15) is 12.2 Å². The predicted octanol–water partition coefficient (Wildman–Crippen LogP) is 9.91. The van der Waals surface area contributed by atoms with Gasteiger partial charge in [-0.1, -0.05) is 78.1 Å². The Hall–Kier alpha value is -1.26. The Morgan fingerprint density at radius 1 is 0.532 bits per heavy atom. The van der Waals surface area contributed by atoms with Crippen molar-refractivity contribution in [3.05, 3.63) is 5.28 Å². The average Bonchev–Trinajstić information content (AvgIpc) is 2.92. The second-order valence-electron chi connectivity index (χ2n) is 16.5. The maximum atomic E-state index is 6.41. The molecule has 1 aromatic rings. The van der Waals surface area contributed by atoms with Gasteiger partial charge in [0.15, 0.2) is 0 Å². The van der Waals surface area contributed by atoms with Gasteiger partial charge in [-0.25, -0.2) is 0 Å². The zero-order chi connectivity index (χ0) is 34.7. The van der Waals surface area contributed by atoms with Gasteiger partial charge in [-0.3, -0.25) is 9.68 Å². The smallest absolute Gasteiger partial charge is 0.324 e. The van der Waals surface area contributed by atoms with Crippen LogP contribution < -0.4 is 9.47 Å². The summed E-state index contributed by atoms with van der Waals surface area (Å²) < 4.78 is 12.8. The van der Waals surface area contributed by atoms with Crippen LogP contribution in [0.15, 0.2) is 0 Å². The minimum atomic E-state index is -0.229. The summed E-state index contributed by atoms with van der Waals surface area (Å²) in [5.41, 5.74) is -0.916. The SMILES string of the molecule is CCCCCCCCON1C(C)(C)CC(Oc2nc(Cl)nc(OC3CC(C)(C)N(OCCCCCCCC)C(C)(C)C3)n2)CC1(C)C. The molecule has 272 valence electrons. The van der Waals surface area contributed by atoms with Crippen LogP contribution in [0.3, 0.4) is 0 Å². The third-order valence-electron chi connectivity index (χ3n) is 9.66. The van der Waals surface area contributed by atoms with Crippen LogP contribution in [-0.4, -0.2) is 72.7 Å². The Morgan fingerprint density at radius 2 is 0.851 bits per heavy atom. The molecule has 0 amide bonds. The minimum absolute atomic E-state index is 0.0708. The van der Waals surface area contributed by atoms with Gasteiger partial charge in [0.05, 0.1) is 13.2 Å². The zero-order valence-electron chi connectivity index (χ0n) is 31.6. The van der Waals surface area contributed by atoms with E-state index in [2.05, 4.69) is 94.3 Å². The van der Waals surface area contributed by atoms with Crippen molar-refractivity contribution in [3.63, 3.8) is 0 Å². The van der Waals surface area contributed by atoms with E-state index in [-0.39, 0.29) is 51.7 Å². The second-order valence-corrected chi connectivity index (χ2v) is 16.8. The fourth-order valence-electron chi connectivity index (χ4n) is 8.00. The molecule has 0 aliphatic carbocycles. The number of nitrogens with zero attached hydrogens (tertiary/aromatic N) is 5. The predicted molar refractivity (Wildman–Crippen MR) is 191 cm³/mol. The molecular weight excluding hydrogens is 614 g/mol. The van der Waals surface area contributed by atoms with Crippen molar-refractivity contribution in [2.75, 3.05) is 13.2 Å². The zero-order valence-corrected chi connectivity index (χ0v) is 32.4. The van der Waals surface area contributed by atoms with Crippen molar-refractivity contribution in [3.8, 4) is 12.0 Å². The monoisotopic (exact) mass is 681 g/mol. The third kappa shape index (κ3) is 12.5. The van der Waals surface area contributed by atoms with Crippen LogP contribution in [0.5, 0.6) is 12.0 Å². The van der Waals surface area contributed by atoms with Gasteiger partial charge in [-0.05, 0) is 79.8 Å². The summed E-state index contributed by atoms with van der Waals surface area (Å²) in [5.74, 6) is 0. The highest BCUT2D eigenvalue weighted by atomic mass is 35.5. The molecule has 3 heterocycles. The van der Waals surface area contributed by atoms with Crippen LogP contribution in [0.2, 0.25) is 5.28 Å². The van der Waals surface area contributed by atoms with Crippen molar-refractivity contribution in [1.29, 1.82) is 0 Å². The molecule has 3 rings (SSSR count). The van der Waals surface area contributed by atoms with Crippen molar-refractivity contribution in [1.82, 2.24) is 25.1 Å². The van der Waals surface area contributed by atoms with Gasteiger partial charge in [-0.2, -0.15) is 20.1 Å². The second kappa shape index (κ2) is 18.1.